The van der Waals surface area contributed by atoms with Crippen molar-refractivity contribution in [3.63, 3.8) is 0 Å². The largest absolute Gasteiger partial charge is 0.480 e. The highest BCUT2D eigenvalue weighted by Crippen LogP contribution is 2.27. The zero-order chi connectivity index (χ0) is 15.8. The van der Waals surface area contributed by atoms with Gasteiger partial charge < -0.3 is 15.0 Å². The Morgan fingerprint density at radius 3 is 2.52 bits per heavy atom. The van der Waals surface area contributed by atoms with Gasteiger partial charge in [-0.25, -0.2) is 4.79 Å². The second-order valence-electron chi connectivity index (χ2n) is 4.61. The fourth-order valence-corrected chi connectivity index (χ4v) is 2.23. The monoisotopic (exact) mass is 304 g/mol. The zero-order valence-corrected chi connectivity index (χ0v) is 10.6. The van der Waals surface area contributed by atoms with Crippen LogP contribution in [0.2, 0.25) is 0 Å². The van der Waals surface area contributed by atoms with Crippen LogP contribution in [0, 0.1) is 0 Å². The maximum Gasteiger partial charge on any atom is 0.431 e. The number of pyridine rings is 1. The first-order valence-electron chi connectivity index (χ1n) is 6.06. The van der Waals surface area contributed by atoms with E-state index in [1.165, 1.54) is 0 Å². The summed E-state index contributed by atoms with van der Waals surface area (Å²) in [6.07, 6.45) is -4.02. The Morgan fingerprint density at radius 2 is 2.00 bits per heavy atom. The number of halogens is 3. The molecule has 1 aromatic rings. The Bertz CT molecular complexity index is 638. The Balaban J connectivity index is 2.32. The molecule has 6 nitrogen and oxygen atoms in total. The number of nitrogens with one attached hydrogen (secondary N) is 1. The van der Waals surface area contributed by atoms with Crippen LogP contribution in [0.4, 0.5) is 13.2 Å². The molecule has 21 heavy (non-hydrogen) atoms. The lowest BCUT2D eigenvalue weighted by molar-refractivity contribution is -0.142. The number of carbonyl (C=O) groups is 2. The molecule has 1 fully saturated rings. The molecule has 1 amide bonds. The molecule has 1 atom stereocenters. The summed E-state index contributed by atoms with van der Waals surface area (Å²) in [5.74, 6) is -2.08. The van der Waals surface area contributed by atoms with Crippen LogP contribution >= 0.6 is 0 Å². The van der Waals surface area contributed by atoms with E-state index in [1.54, 1.807) is 4.98 Å². The van der Waals surface area contributed by atoms with Crippen molar-refractivity contribution in [2.75, 3.05) is 6.54 Å². The van der Waals surface area contributed by atoms with Crippen molar-refractivity contribution in [1.82, 2.24) is 9.88 Å². The zero-order valence-electron chi connectivity index (χ0n) is 10.6. The van der Waals surface area contributed by atoms with Crippen LogP contribution in [0.3, 0.4) is 0 Å². The third-order valence-electron chi connectivity index (χ3n) is 3.24. The average molecular weight is 304 g/mol. The highest BCUT2D eigenvalue weighted by Gasteiger charge is 2.36. The lowest BCUT2D eigenvalue weighted by Gasteiger charge is -2.21. The van der Waals surface area contributed by atoms with Crippen molar-refractivity contribution in [3.8, 4) is 0 Å². The summed E-state index contributed by atoms with van der Waals surface area (Å²) in [5, 5.41) is 8.97. The minimum absolute atomic E-state index is 0.149. The molecule has 0 aromatic carbocycles. The lowest BCUT2D eigenvalue weighted by Crippen LogP contribution is -2.42. The Morgan fingerprint density at radius 1 is 1.33 bits per heavy atom. The third-order valence-corrected chi connectivity index (χ3v) is 3.24. The summed E-state index contributed by atoms with van der Waals surface area (Å²) in [5.41, 5.74) is -2.96. The van der Waals surface area contributed by atoms with E-state index in [9.17, 15) is 27.6 Å². The SMILES string of the molecule is O=C(O)[C@@H]1CCCN1C(=O)c1ccc(C(F)(F)F)[nH]c1=O. The molecule has 1 saturated heterocycles. The number of hydrogen-bond acceptors (Lipinski definition) is 3. The fraction of sp³-hybridized carbons (Fsp3) is 0.417. The number of aliphatic carboxylic acids is 1. The maximum atomic E-state index is 12.4. The van der Waals surface area contributed by atoms with Gasteiger partial charge in [-0.2, -0.15) is 13.2 Å². The van der Waals surface area contributed by atoms with Gasteiger partial charge in [0.05, 0.1) is 0 Å². The molecule has 114 valence electrons. The number of likely N-dealkylation sites (tertiary alicyclic amines) is 1. The number of carbonyl (C=O) groups excluding carboxylic acids is 1. The van der Waals surface area contributed by atoms with Gasteiger partial charge in [0.15, 0.2) is 0 Å². The van der Waals surface area contributed by atoms with E-state index in [0.717, 1.165) is 11.0 Å². The van der Waals surface area contributed by atoms with Crippen molar-refractivity contribution in [2.24, 2.45) is 0 Å². The van der Waals surface area contributed by atoms with Gasteiger partial charge in [0.2, 0.25) is 0 Å². The van der Waals surface area contributed by atoms with E-state index >= 15 is 0 Å². The first-order chi connectivity index (χ1) is 9.71. The van der Waals surface area contributed by atoms with Crippen LogP contribution in [-0.2, 0) is 11.0 Å². The van der Waals surface area contributed by atoms with Gasteiger partial charge in [0.25, 0.3) is 11.5 Å². The molecule has 0 radical (unpaired) electrons. The topological polar surface area (TPSA) is 90.5 Å². The molecule has 0 bridgehead atoms. The Labute approximate surface area is 116 Å². The molecule has 0 saturated carbocycles. The number of carboxylic acids is 1. The molecule has 2 N–H and O–H groups in total. The van der Waals surface area contributed by atoms with Gasteiger partial charge in [-0.05, 0) is 25.0 Å². The van der Waals surface area contributed by atoms with Gasteiger partial charge in [-0.1, -0.05) is 0 Å². The summed E-state index contributed by atoms with van der Waals surface area (Å²) in [4.78, 5) is 37.3. The number of amides is 1. The minimum Gasteiger partial charge on any atom is -0.480 e. The summed E-state index contributed by atoms with van der Waals surface area (Å²) in [6, 6.07) is 0.293. The molecule has 0 aliphatic carbocycles. The number of alkyl halides is 3. The molecular formula is C12H11F3N2O4. The average Bonchev–Trinajstić information content (AvgIpc) is 2.86. The van der Waals surface area contributed by atoms with Crippen molar-refractivity contribution >= 4 is 11.9 Å². The molecule has 0 unspecified atom stereocenters. The van der Waals surface area contributed by atoms with Crippen LogP contribution in [0.15, 0.2) is 16.9 Å². The predicted octanol–water partition coefficient (Wildman–Crippen LogP) is 1.08. The Hall–Kier alpha value is -2.32. The number of nitrogens with zero attached hydrogens (tertiary/aromatic N) is 1. The summed E-state index contributed by atoms with van der Waals surface area (Å²) >= 11 is 0. The maximum absolute atomic E-state index is 12.4. The highest BCUT2D eigenvalue weighted by atomic mass is 19.4. The molecule has 1 aliphatic rings. The smallest absolute Gasteiger partial charge is 0.431 e. The molecule has 9 heteroatoms. The quantitative estimate of drug-likeness (QED) is 0.855. The second-order valence-corrected chi connectivity index (χ2v) is 4.61. The van der Waals surface area contributed by atoms with Gasteiger partial charge >= 0.3 is 12.1 Å². The normalized spacial score (nSPS) is 18.8. The van der Waals surface area contributed by atoms with E-state index < -0.39 is 40.9 Å². The van der Waals surface area contributed by atoms with Crippen LogP contribution in [0.1, 0.15) is 28.9 Å². The van der Waals surface area contributed by atoms with E-state index in [1.807, 2.05) is 0 Å². The first kappa shape index (κ1) is 15.1. The number of rotatable bonds is 2. The number of aromatic nitrogens is 1. The van der Waals surface area contributed by atoms with E-state index in [2.05, 4.69) is 0 Å². The fourth-order valence-electron chi connectivity index (χ4n) is 2.23. The van der Waals surface area contributed by atoms with Gasteiger partial charge in [-0.15, -0.1) is 0 Å². The Kier molecular flexibility index (Phi) is 3.75. The van der Waals surface area contributed by atoms with Crippen LogP contribution in [0.5, 0.6) is 0 Å². The van der Waals surface area contributed by atoms with E-state index in [-0.39, 0.29) is 13.0 Å². The molecule has 2 rings (SSSR count). The lowest BCUT2D eigenvalue weighted by atomic mass is 10.2. The summed E-state index contributed by atoms with van der Waals surface area (Å²) in [7, 11) is 0. The molecular weight excluding hydrogens is 293 g/mol. The van der Waals surface area contributed by atoms with Crippen molar-refractivity contribution < 1.29 is 27.9 Å². The van der Waals surface area contributed by atoms with Gasteiger partial charge in [0, 0.05) is 6.54 Å². The van der Waals surface area contributed by atoms with Crippen LogP contribution < -0.4 is 5.56 Å². The van der Waals surface area contributed by atoms with E-state index in [0.29, 0.717) is 12.5 Å². The minimum atomic E-state index is -4.72. The van der Waals surface area contributed by atoms with Crippen molar-refractivity contribution in [2.45, 2.75) is 25.1 Å². The summed E-state index contributed by atoms with van der Waals surface area (Å²) in [6.45, 7) is 0.149. The van der Waals surface area contributed by atoms with Crippen molar-refractivity contribution in [1.29, 1.82) is 0 Å². The standard InChI is InChI=1S/C12H11F3N2O4/c13-12(14,15)8-4-3-6(9(18)16-8)10(19)17-5-1-2-7(17)11(20)21/h3-4,7H,1-2,5H2,(H,16,18)(H,20,21)/t7-/m0/s1. The first-order valence-corrected chi connectivity index (χ1v) is 6.06. The van der Waals surface area contributed by atoms with Crippen molar-refractivity contribution in [3.05, 3.63) is 33.7 Å². The predicted molar refractivity (Wildman–Crippen MR) is 63.8 cm³/mol. The third kappa shape index (κ3) is 2.91. The van der Waals surface area contributed by atoms with E-state index in [4.69, 9.17) is 5.11 Å². The number of aromatic amines is 1. The molecule has 2 heterocycles. The molecule has 1 aliphatic heterocycles. The highest BCUT2D eigenvalue weighted by molar-refractivity contribution is 5.96. The molecule has 0 spiro atoms. The van der Waals surface area contributed by atoms with Crippen LogP contribution in [0.25, 0.3) is 0 Å². The van der Waals surface area contributed by atoms with Crippen LogP contribution in [-0.4, -0.2) is 39.5 Å². The molecule has 1 aromatic heterocycles. The van der Waals surface area contributed by atoms with Gasteiger partial charge in [-0.3, -0.25) is 9.59 Å². The van der Waals surface area contributed by atoms with Gasteiger partial charge in [0.1, 0.15) is 17.3 Å². The summed E-state index contributed by atoms with van der Waals surface area (Å²) < 4.78 is 37.3. The number of H-pyrrole nitrogens is 1. The number of carboxylic acid groups (broad SMARTS) is 1. The second kappa shape index (κ2) is 5.23. The number of hydrogen-bond donors (Lipinski definition) is 2.